The molecule has 1 N–H and O–H groups in total. The van der Waals surface area contributed by atoms with Gasteiger partial charge in [0, 0.05) is 0 Å². The lowest BCUT2D eigenvalue weighted by Crippen LogP contribution is -1.71. The van der Waals surface area contributed by atoms with E-state index >= 15 is 0 Å². The van der Waals surface area contributed by atoms with Gasteiger partial charge in [-0.05, 0) is 0 Å². The second kappa shape index (κ2) is 4.10. The first kappa shape index (κ1) is 6.93. The highest BCUT2D eigenvalue weighted by atomic mass is 35.5. The highest BCUT2D eigenvalue weighted by Gasteiger charge is 1.94. The fourth-order valence-electron chi connectivity index (χ4n) is 0.0398. The number of halogens is 2. The molecule has 0 saturated heterocycles. The van der Waals surface area contributed by atoms with Crippen molar-refractivity contribution in [1.29, 1.82) is 0 Å². The topological polar surface area (TPSA) is 29.5 Å². The van der Waals surface area contributed by atoms with Crippen LogP contribution in [0.4, 0.5) is 0 Å². The van der Waals surface area contributed by atoms with Crippen LogP contribution in [0.5, 0.6) is 0 Å². The van der Waals surface area contributed by atoms with Crippen LogP contribution >= 0.6 is 32.0 Å². The predicted octanol–water partition coefficient (Wildman–Crippen LogP) is 1.83. The first-order valence-corrected chi connectivity index (χ1v) is 2.97. The molecule has 6 heavy (non-hydrogen) atoms. The molecular formula is CH3Cl2O2P. The van der Waals surface area contributed by atoms with E-state index in [1.807, 2.05) is 0 Å². The first-order valence-electron chi connectivity index (χ1n) is 1.11. The SMILES string of the molecule is OOPC(Cl)Cl. The zero-order chi connectivity index (χ0) is 4.99. The Balaban J connectivity index is 2.63. The van der Waals surface area contributed by atoms with Crippen molar-refractivity contribution in [2.75, 3.05) is 0 Å². The van der Waals surface area contributed by atoms with Gasteiger partial charge in [0.15, 0.2) is 4.58 Å². The van der Waals surface area contributed by atoms with Gasteiger partial charge >= 0.3 is 0 Å². The van der Waals surface area contributed by atoms with Crippen molar-refractivity contribution in [1.82, 2.24) is 0 Å². The van der Waals surface area contributed by atoms with Gasteiger partial charge < -0.3 is 0 Å². The van der Waals surface area contributed by atoms with Crippen molar-refractivity contribution in [3.05, 3.63) is 0 Å². The molecule has 2 nitrogen and oxygen atoms in total. The number of alkyl halides is 2. The minimum absolute atomic E-state index is 0.242. The largest absolute Gasteiger partial charge is 0.249 e. The van der Waals surface area contributed by atoms with Crippen LogP contribution in [0.15, 0.2) is 0 Å². The molecule has 0 fully saturated rings. The van der Waals surface area contributed by atoms with Gasteiger partial charge in [-0.15, -0.1) is 0 Å². The molecule has 0 aliphatic rings. The molecule has 0 rings (SSSR count). The van der Waals surface area contributed by atoms with E-state index in [4.69, 9.17) is 28.5 Å². The van der Waals surface area contributed by atoms with Crippen LogP contribution in [0.1, 0.15) is 0 Å². The molecule has 0 amide bonds. The first-order chi connectivity index (χ1) is 2.77. The van der Waals surface area contributed by atoms with E-state index in [0.717, 1.165) is 0 Å². The Kier molecular flexibility index (Phi) is 4.73. The molecule has 0 saturated carbocycles. The number of hydrogen-bond donors (Lipinski definition) is 1. The van der Waals surface area contributed by atoms with Gasteiger partial charge in [0.2, 0.25) is 0 Å². The van der Waals surface area contributed by atoms with Crippen LogP contribution < -0.4 is 0 Å². The molecule has 0 bridgehead atoms. The lowest BCUT2D eigenvalue weighted by molar-refractivity contribution is -0.122. The second-order valence-corrected chi connectivity index (χ2v) is 3.33. The van der Waals surface area contributed by atoms with Gasteiger partial charge in [0.1, 0.15) is 0 Å². The lowest BCUT2D eigenvalue weighted by atomic mass is 11.9. The van der Waals surface area contributed by atoms with E-state index in [0.29, 0.717) is 0 Å². The highest BCUT2D eigenvalue weighted by Crippen LogP contribution is 2.25. The van der Waals surface area contributed by atoms with Crippen molar-refractivity contribution in [3.63, 3.8) is 0 Å². The summed E-state index contributed by atoms with van der Waals surface area (Å²) in [6, 6.07) is 0. The van der Waals surface area contributed by atoms with E-state index in [2.05, 4.69) is 4.67 Å². The minimum atomic E-state index is -0.602. The van der Waals surface area contributed by atoms with Crippen molar-refractivity contribution in [3.8, 4) is 0 Å². The summed E-state index contributed by atoms with van der Waals surface area (Å²) in [7, 11) is -0.242. The maximum absolute atomic E-state index is 7.58. The Morgan fingerprint density at radius 1 is 1.67 bits per heavy atom. The molecule has 0 aliphatic heterocycles. The summed E-state index contributed by atoms with van der Waals surface area (Å²) in [5.74, 6) is 0. The fourth-order valence-corrected chi connectivity index (χ4v) is 0.359. The molecule has 0 aromatic carbocycles. The van der Waals surface area contributed by atoms with E-state index < -0.39 is 4.58 Å². The molecule has 0 radical (unpaired) electrons. The Morgan fingerprint density at radius 2 is 2.17 bits per heavy atom. The maximum Gasteiger partial charge on any atom is 0.151 e. The van der Waals surface area contributed by atoms with Crippen LogP contribution in [-0.2, 0) is 4.67 Å². The Bertz CT molecular complexity index is 32.7. The zero-order valence-electron chi connectivity index (χ0n) is 2.69. The summed E-state index contributed by atoms with van der Waals surface area (Å²) in [5, 5.41) is 7.58. The van der Waals surface area contributed by atoms with E-state index in [1.54, 1.807) is 0 Å². The molecule has 0 aromatic rings. The van der Waals surface area contributed by atoms with E-state index in [-0.39, 0.29) is 8.81 Å². The zero-order valence-corrected chi connectivity index (χ0v) is 5.20. The van der Waals surface area contributed by atoms with Gasteiger partial charge in [-0.1, -0.05) is 23.2 Å². The Labute approximate surface area is 47.2 Å². The van der Waals surface area contributed by atoms with Crippen LogP contribution in [-0.4, -0.2) is 9.83 Å². The summed E-state index contributed by atoms with van der Waals surface area (Å²) in [5.41, 5.74) is 0. The average molecular weight is 149 g/mol. The third-order valence-electron chi connectivity index (χ3n) is 0.142. The van der Waals surface area contributed by atoms with Crippen molar-refractivity contribution in [2.24, 2.45) is 0 Å². The molecule has 1 atom stereocenters. The van der Waals surface area contributed by atoms with Crippen LogP contribution in [0, 0.1) is 0 Å². The molecule has 0 aliphatic carbocycles. The highest BCUT2D eigenvalue weighted by molar-refractivity contribution is 7.38. The molecule has 0 heterocycles. The van der Waals surface area contributed by atoms with Crippen LogP contribution in [0.3, 0.4) is 0 Å². The normalized spacial score (nSPS) is 12.0. The summed E-state index contributed by atoms with van der Waals surface area (Å²) in [6.07, 6.45) is 0. The molecule has 5 heteroatoms. The van der Waals surface area contributed by atoms with Gasteiger partial charge in [0.25, 0.3) is 0 Å². The smallest absolute Gasteiger partial charge is 0.151 e. The average Bonchev–Trinajstić information content (AvgIpc) is 1.35. The summed E-state index contributed by atoms with van der Waals surface area (Å²) in [6.45, 7) is 0. The number of rotatable bonds is 2. The monoisotopic (exact) mass is 148 g/mol. The third-order valence-corrected chi connectivity index (χ3v) is 0.960. The Hall–Kier alpha value is 0.930. The van der Waals surface area contributed by atoms with E-state index in [9.17, 15) is 0 Å². The van der Waals surface area contributed by atoms with Crippen LogP contribution in [0.25, 0.3) is 0 Å². The fraction of sp³-hybridized carbons (Fsp3) is 1.00. The van der Waals surface area contributed by atoms with Gasteiger partial charge in [-0.2, -0.15) is 0 Å². The predicted molar refractivity (Wildman–Crippen MR) is 27.5 cm³/mol. The van der Waals surface area contributed by atoms with Gasteiger partial charge in [0.05, 0.1) is 8.81 Å². The maximum atomic E-state index is 7.58. The Morgan fingerprint density at radius 3 is 2.17 bits per heavy atom. The van der Waals surface area contributed by atoms with Crippen molar-refractivity contribution >= 4 is 32.0 Å². The van der Waals surface area contributed by atoms with Crippen molar-refractivity contribution in [2.45, 2.75) is 4.58 Å². The van der Waals surface area contributed by atoms with E-state index in [1.165, 1.54) is 0 Å². The molecule has 38 valence electrons. The summed E-state index contributed by atoms with van der Waals surface area (Å²) < 4.78 is 2.97. The molecule has 0 aromatic heterocycles. The van der Waals surface area contributed by atoms with Crippen LogP contribution in [0.2, 0.25) is 0 Å². The minimum Gasteiger partial charge on any atom is -0.249 e. The lowest BCUT2D eigenvalue weighted by Gasteiger charge is -1.90. The van der Waals surface area contributed by atoms with Gasteiger partial charge in [-0.3, -0.25) is 0 Å². The van der Waals surface area contributed by atoms with Crippen molar-refractivity contribution < 1.29 is 9.93 Å². The molecule has 1 unspecified atom stereocenters. The quantitative estimate of drug-likeness (QED) is 0.281. The molecule has 0 spiro atoms. The van der Waals surface area contributed by atoms with Gasteiger partial charge in [-0.25, -0.2) is 9.93 Å². The number of hydrogen-bond acceptors (Lipinski definition) is 2. The second-order valence-electron chi connectivity index (χ2n) is 0.510. The standard InChI is InChI=1S/CH3Cl2O2P/c2-1(3)6-5-4/h1,4,6H. The third kappa shape index (κ3) is 4.93. The summed E-state index contributed by atoms with van der Waals surface area (Å²) in [4.78, 5) is 0. The summed E-state index contributed by atoms with van der Waals surface area (Å²) >= 11 is 10.1. The molecular weight excluding hydrogens is 146 g/mol.